The van der Waals surface area contributed by atoms with Gasteiger partial charge in [-0.2, -0.15) is 5.10 Å². The molecule has 104 valence electrons. The molecule has 0 radical (unpaired) electrons. The lowest BCUT2D eigenvalue weighted by molar-refractivity contribution is 0.522. The maximum absolute atomic E-state index is 4.17. The van der Waals surface area contributed by atoms with Crippen LogP contribution in [-0.4, -0.2) is 34.3 Å². The molecular formula is C14H16BrN5. The van der Waals surface area contributed by atoms with Crippen molar-refractivity contribution >= 4 is 27.4 Å². The lowest BCUT2D eigenvalue weighted by Gasteiger charge is -2.33. The summed E-state index contributed by atoms with van der Waals surface area (Å²) in [6.45, 7) is 2.00. The summed E-state index contributed by atoms with van der Waals surface area (Å²) in [4.78, 5) is 6.46. The Hall–Kier alpha value is -1.69. The average molecular weight is 334 g/mol. The second kappa shape index (κ2) is 6.17. The summed E-state index contributed by atoms with van der Waals surface area (Å²) in [5.41, 5.74) is 1.07. The third-order valence-corrected chi connectivity index (χ3v) is 3.89. The summed E-state index contributed by atoms with van der Waals surface area (Å²) in [6.07, 6.45) is 7.53. The smallest absolute Gasteiger partial charge is 0.151 e. The number of piperidine rings is 1. The SMILES string of the molecule is Brc1cncc(NC2CCN(c3cccnn3)CC2)c1. The fourth-order valence-electron chi connectivity index (χ4n) is 2.44. The maximum atomic E-state index is 4.17. The zero-order chi connectivity index (χ0) is 13.8. The van der Waals surface area contributed by atoms with Crippen molar-refractivity contribution in [2.75, 3.05) is 23.3 Å². The van der Waals surface area contributed by atoms with E-state index in [4.69, 9.17) is 0 Å². The fraction of sp³-hybridized carbons (Fsp3) is 0.357. The van der Waals surface area contributed by atoms with E-state index in [0.29, 0.717) is 6.04 Å². The molecule has 6 heteroatoms. The molecule has 0 saturated carbocycles. The summed E-state index contributed by atoms with van der Waals surface area (Å²) in [6, 6.07) is 6.49. The number of aromatic nitrogens is 3. The monoisotopic (exact) mass is 333 g/mol. The number of halogens is 1. The molecule has 3 heterocycles. The molecule has 1 N–H and O–H groups in total. The van der Waals surface area contributed by atoms with E-state index in [2.05, 4.69) is 47.4 Å². The average Bonchev–Trinajstić information content (AvgIpc) is 2.49. The first-order valence-corrected chi connectivity index (χ1v) is 7.50. The van der Waals surface area contributed by atoms with E-state index in [1.54, 1.807) is 12.4 Å². The highest BCUT2D eigenvalue weighted by molar-refractivity contribution is 9.10. The first kappa shape index (κ1) is 13.3. The summed E-state index contributed by atoms with van der Waals surface area (Å²) in [7, 11) is 0. The molecule has 0 bridgehead atoms. The highest BCUT2D eigenvalue weighted by Gasteiger charge is 2.20. The van der Waals surface area contributed by atoms with Gasteiger partial charge < -0.3 is 10.2 Å². The molecule has 0 aromatic carbocycles. The van der Waals surface area contributed by atoms with Gasteiger partial charge in [0.15, 0.2) is 5.82 Å². The van der Waals surface area contributed by atoms with Crippen molar-refractivity contribution < 1.29 is 0 Å². The zero-order valence-corrected chi connectivity index (χ0v) is 12.6. The van der Waals surface area contributed by atoms with Gasteiger partial charge in [0.2, 0.25) is 0 Å². The summed E-state index contributed by atoms with van der Waals surface area (Å²) < 4.78 is 1.000. The molecule has 2 aromatic rings. The highest BCUT2D eigenvalue weighted by Crippen LogP contribution is 2.21. The first-order chi connectivity index (χ1) is 9.81. The van der Waals surface area contributed by atoms with Gasteiger partial charge in [-0.3, -0.25) is 4.98 Å². The van der Waals surface area contributed by atoms with Crippen molar-refractivity contribution in [3.8, 4) is 0 Å². The van der Waals surface area contributed by atoms with E-state index in [9.17, 15) is 0 Å². The van der Waals surface area contributed by atoms with Gasteiger partial charge in [-0.05, 0) is 47.0 Å². The zero-order valence-electron chi connectivity index (χ0n) is 11.0. The Labute approximate surface area is 126 Å². The Balaban J connectivity index is 1.56. The molecule has 1 aliphatic heterocycles. The van der Waals surface area contributed by atoms with Gasteiger partial charge in [-0.15, -0.1) is 5.10 Å². The molecule has 0 atom stereocenters. The van der Waals surface area contributed by atoms with E-state index >= 15 is 0 Å². The standard InChI is InChI=1S/C14H16BrN5/c15-11-8-13(10-16-9-11)18-12-3-6-20(7-4-12)14-2-1-5-17-19-14/h1-2,5,8-10,12,18H,3-4,6-7H2. The molecular weight excluding hydrogens is 318 g/mol. The number of pyridine rings is 1. The van der Waals surface area contributed by atoms with Gasteiger partial charge in [0.05, 0.1) is 11.9 Å². The van der Waals surface area contributed by atoms with E-state index < -0.39 is 0 Å². The van der Waals surface area contributed by atoms with Crippen molar-refractivity contribution in [2.45, 2.75) is 18.9 Å². The van der Waals surface area contributed by atoms with Crippen LogP contribution < -0.4 is 10.2 Å². The van der Waals surface area contributed by atoms with Crippen LogP contribution in [0, 0.1) is 0 Å². The molecule has 2 aromatic heterocycles. The van der Waals surface area contributed by atoms with E-state index in [1.807, 2.05) is 18.3 Å². The Morgan fingerprint density at radius 3 is 2.80 bits per heavy atom. The number of hydrogen-bond donors (Lipinski definition) is 1. The summed E-state index contributed by atoms with van der Waals surface area (Å²) in [5, 5.41) is 11.6. The highest BCUT2D eigenvalue weighted by atomic mass is 79.9. The minimum Gasteiger partial charge on any atom is -0.381 e. The van der Waals surface area contributed by atoms with Crippen molar-refractivity contribution in [3.63, 3.8) is 0 Å². The van der Waals surface area contributed by atoms with Crippen LogP contribution in [-0.2, 0) is 0 Å². The molecule has 1 fully saturated rings. The van der Waals surface area contributed by atoms with Gasteiger partial charge >= 0.3 is 0 Å². The molecule has 0 amide bonds. The van der Waals surface area contributed by atoms with E-state index in [-0.39, 0.29) is 0 Å². The van der Waals surface area contributed by atoms with Crippen LogP contribution in [0.2, 0.25) is 0 Å². The predicted molar refractivity (Wildman–Crippen MR) is 82.8 cm³/mol. The minimum atomic E-state index is 0.485. The summed E-state index contributed by atoms with van der Waals surface area (Å²) in [5.74, 6) is 0.968. The lowest BCUT2D eigenvalue weighted by atomic mass is 10.0. The molecule has 1 saturated heterocycles. The largest absolute Gasteiger partial charge is 0.381 e. The summed E-state index contributed by atoms with van der Waals surface area (Å²) >= 11 is 3.44. The normalized spacial score (nSPS) is 16.1. The van der Waals surface area contributed by atoms with Gasteiger partial charge in [0.25, 0.3) is 0 Å². The first-order valence-electron chi connectivity index (χ1n) is 6.71. The Morgan fingerprint density at radius 1 is 1.25 bits per heavy atom. The predicted octanol–water partition coefficient (Wildman–Crippen LogP) is 2.72. The van der Waals surface area contributed by atoms with Crippen molar-refractivity contribution in [1.82, 2.24) is 15.2 Å². The number of hydrogen-bond acceptors (Lipinski definition) is 5. The van der Waals surface area contributed by atoms with Crippen LogP contribution in [0.4, 0.5) is 11.5 Å². The second-order valence-electron chi connectivity index (χ2n) is 4.88. The fourth-order valence-corrected chi connectivity index (χ4v) is 2.81. The van der Waals surface area contributed by atoms with Crippen LogP contribution >= 0.6 is 15.9 Å². The van der Waals surface area contributed by atoms with Gasteiger partial charge in [-0.25, -0.2) is 0 Å². The van der Waals surface area contributed by atoms with Gasteiger partial charge in [-0.1, -0.05) is 0 Å². The number of rotatable bonds is 3. The topological polar surface area (TPSA) is 53.9 Å². The van der Waals surface area contributed by atoms with Crippen LogP contribution in [0.25, 0.3) is 0 Å². The Kier molecular flexibility index (Phi) is 4.11. The minimum absolute atomic E-state index is 0.485. The van der Waals surface area contributed by atoms with Gasteiger partial charge in [0.1, 0.15) is 0 Å². The third kappa shape index (κ3) is 3.25. The van der Waals surface area contributed by atoms with Crippen molar-refractivity contribution in [1.29, 1.82) is 0 Å². The quantitative estimate of drug-likeness (QED) is 0.935. The number of anilines is 2. The molecule has 1 aliphatic rings. The van der Waals surface area contributed by atoms with E-state index in [0.717, 1.165) is 41.9 Å². The maximum Gasteiger partial charge on any atom is 0.151 e. The Bertz CT molecular complexity index is 555. The van der Waals surface area contributed by atoms with E-state index in [1.165, 1.54) is 0 Å². The van der Waals surface area contributed by atoms with Crippen molar-refractivity contribution in [2.24, 2.45) is 0 Å². The van der Waals surface area contributed by atoms with Crippen LogP contribution in [0.3, 0.4) is 0 Å². The van der Waals surface area contributed by atoms with Crippen LogP contribution in [0.5, 0.6) is 0 Å². The van der Waals surface area contributed by atoms with Crippen LogP contribution in [0.1, 0.15) is 12.8 Å². The van der Waals surface area contributed by atoms with Gasteiger partial charge in [0, 0.05) is 36.0 Å². The molecule has 0 spiro atoms. The second-order valence-corrected chi connectivity index (χ2v) is 5.80. The molecule has 5 nitrogen and oxygen atoms in total. The molecule has 20 heavy (non-hydrogen) atoms. The number of nitrogens with zero attached hydrogens (tertiary/aromatic N) is 4. The van der Waals surface area contributed by atoms with Crippen molar-refractivity contribution in [3.05, 3.63) is 41.3 Å². The number of nitrogens with one attached hydrogen (secondary N) is 1. The third-order valence-electron chi connectivity index (χ3n) is 3.45. The molecule has 0 unspecified atom stereocenters. The lowest BCUT2D eigenvalue weighted by Crippen LogP contribution is -2.39. The van der Waals surface area contributed by atoms with Crippen LogP contribution in [0.15, 0.2) is 41.3 Å². The molecule has 0 aliphatic carbocycles. The Morgan fingerprint density at radius 2 is 2.10 bits per heavy atom. The molecule has 3 rings (SSSR count).